The molecule has 0 aliphatic heterocycles. The Balaban J connectivity index is 1.57. The number of amides is 1. The summed E-state index contributed by atoms with van der Waals surface area (Å²) in [6.45, 7) is 0. The number of anilines is 1. The quantitative estimate of drug-likeness (QED) is 0.591. The van der Waals surface area contributed by atoms with E-state index in [9.17, 15) is 13.6 Å². The molecule has 0 spiro atoms. The first-order valence-electron chi connectivity index (χ1n) is 7.91. The zero-order chi connectivity index (χ0) is 18.1. The fourth-order valence-corrected chi connectivity index (χ4v) is 2.71. The monoisotopic (exact) mass is 349 g/mol. The average Bonchev–Trinajstić information content (AvgIpc) is 3.06. The van der Waals surface area contributed by atoms with Crippen molar-refractivity contribution in [3.05, 3.63) is 90.3 Å². The summed E-state index contributed by atoms with van der Waals surface area (Å²) < 4.78 is 29.3. The molecule has 0 aliphatic carbocycles. The lowest BCUT2D eigenvalue weighted by molar-refractivity contribution is 0.101. The van der Waals surface area contributed by atoms with E-state index >= 15 is 0 Å². The van der Waals surface area contributed by atoms with Crippen LogP contribution in [0.3, 0.4) is 0 Å². The Kier molecular flexibility index (Phi) is 3.93. The number of carbonyl (C=O) groups excluding carboxylic acids is 1. The second-order valence-electron chi connectivity index (χ2n) is 5.72. The van der Waals surface area contributed by atoms with Gasteiger partial charge in [0.25, 0.3) is 5.91 Å². The number of halogens is 2. The zero-order valence-electron chi connectivity index (χ0n) is 13.5. The van der Waals surface area contributed by atoms with E-state index in [0.29, 0.717) is 5.69 Å². The maximum Gasteiger partial charge on any atom is 0.261 e. The second-order valence-corrected chi connectivity index (χ2v) is 5.72. The van der Waals surface area contributed by atoms with Crippen LogP contribution < -0.4 is 5.32 Å². The number of benzene rings is 2. The number of carbonyl (C=O) groups is 1. The number of aromatic nitrogens is 2. The Morgan fingerprint density at radius 2 is 1.65 bits per heavy atom. The molecule has 4 aromatic rings. The lowest BCUT2D eigenvalue weighted by atomic mass is 10.1. The summed E-state index contributed by atoms with van der Waals surface area (Å²) in [6.07, 6.45) is 3.81. The molecule has 26 heavy (non-hydrogen) atoms. The minimum absolute atomic E-state index is 0.435. The molecular weight excluding hydrogens is 336 g/mol. The molecule has 0 saturated heterocycles. The summed E-state index contributed by atoms with van der Waals surface area (Å²) >= 11 is 0. The molecule has 2 aromatic heterocycles. The number of nitrogens with one attached hydrogen (secondary N) is 1. The molecule has 4 rings (SSSR count). The predicted octanol–water partition coefficient (Wildman–Crippen LogP) is 4.53. The van der Waals surface area contributed by atoms with E-state index < -0.39 is 23.1 Å². The lowest BCUT2D eigenvalue weighted by Crippen LogP contribution is -2.15. The normalized spacial score (nSPS) is 10.8. The maximum absolute atomic E-state index is 13.7. The molecule has 128 valence electrons. The highest BCUT2D eigenvalue weighted by Crippen LogP contribution is 2.22. The number of hydrogen-bond donors (Lipinski definition) is 1. The van der Waals surface area contributed by atoms with Crippen molar-refractivity contribution in [2.45, 2.75) is 0 Å². The van der Waals surface area contributed by atoms with Crippen molar-refractivity contribution in [3.63, 3.8) is 0 Å². The Hall–Kier alpha value is -3.54. The van der Waals surface area contributed by atoms with Gasteiger partial charge >= 0.3 is 0 Å². The Bertz CT molecular complexity index is 1050. The van der Waals surface area contributed by atoms with Crippen molar-refractivity contribution in [2.24, 2.45) is 0 Å². The van der Waals surface area contributed by atoms with Crippen LogP contribution in [-0.4, -0.2) is 15.3 Å². The molecule has 0 atom stereocenters. The fraction of sp³-hybridized carbons (Fsp3) is 0. The smallest absolute Gasteiger partial charge is 0.261 e. The molecule has 4 nitrogen and oxygen atoms in total. The van der Waals surface area contributed by atoms with Crippen molar-refractivity contribution in [1.29, 1.82) is 0 Å². The molecule has 0 radical (unpaired) electrons. The highest BCUT2D eigenvalue weighted by molar-refractivity contribution is 6.04. The van der Waals surface area contributed by atoms with Gasteiger partial charge in [-0.1, -0.05) is 24.3 Å². The van der Waals surface area contributed by atoms with Crippen LogP contribution in [0.2, 0.25) is 0 Å². The van der Waals surface area contributed by atoms with Crippen LogP contribution in [0.25, 0.3) is 16.9 Å². The standard InChI is InChI=1S/C20H13F2N3O/c21-15-4-3-5-16(22)19(15)20(26)23-14-9-7-13(8-10-14)17-12-25-11-2-1-6-18(25)24-17/h1-12H,(H,23,26). The van der Waals surface area contributed by atoms with Gasteiger partial charge in [-0.05, 0) is 36.4 Å². The molecule has 2 heterocycles. The van der Waals surface area contributed by atoms with E-state index in [0.717, 1.165) is 29.0 Å². The minimum Gasteiger partial charge on any atom is -0.322 e. The van der Waals surface area contributed by atoms with Crippen LogP contribution in [0.15, 0.2) is 73.1 Å². The maximum atomic E-state index is 13.7. The van der Waals surface area contributed by atoms with E-state index in [4.69, 9.17) is 0 Å². The SMILES string of the molecule is O=C(Nc1ccc(-c2cn3ccccc3n2)cc1)c1c(F)cccc1F. The third-order valence-corrected chi connectivity index (χ3v) is 3.99. The van der Waals surface area contributed by atoms with Gasteiger partial charge in [-0.2, -0.15) is 0 Å². The summed E-state index contributed by atoms with van der Waals surface area (Å²) in [4.78, 5) is 16.6. The van der Waals surface area contributed by atoms with E-state index in [1.54, 1.807) is 24.3 Å². The van der Waals surface area contributed by atoms with Gasteiger partial charge in [0.2, 0.25) is 0 Å². The van der Waals surface area contributed by atoms with Crippen LogP contribution in [-0.2, 0) is 0 Å². The summed E-state index contributed by atoms with van der Waals surface area (Å²) in [6, 6.07) is 15.9. The van der Waals surface area contributed by atoms with Crippen LogP contribution in [0, 0.1) is 11.6 Å². The molecule has 1 N–H and O–H groups in total. The minimum atomic E-state index is -0.899. The number of fused-ring (bicyclic) bond motifs is 1. The molecule has 0 fully saturated rings. The van der Waals surface area contributed by atoms with Gasteiger partial charge in [-0.25, -0.2) is 13.8 Å². The molecule has 0 bridgehead atoms. The van der Waals surface area contributed by atoms with Gasteiger partial charge in [-0.15, -0.1) is 0 Å². The van der Waals surface area contributed by atoms with E-state index in [2.05, 4.69) is 10.3 Å². The Morgan fingerprint density at radius 1 is 0.923 bits per heavy atom. The first-order chi connectivity index (χ1) is 12.6. The molecule has 6 heteroatoms. The summed E-state index contributed by atoms with van der Waals surface area (Å²) in [5, 5.41) is 2.50. The predicted molar refractivity (Wildman–Crippen MR) is 94.9 cm³/mol. The van der Waals surface area contributed by atoms with Crippen molar-refractivity contribution in [1.82, 2.24) is 9.38 Å². The number of rotatable bonds is 3. The summed E-state index contributed by atoms with van der Waals surface area (Å²) in [5.74, 6) is -2.63. The second kappa shape index (κ2) is 6.40. The van der Waals surface area contributed by atoms with E-state index in [1.165, 1.54) is 6.07 Å². The van der Waals surface area contributed by atoms with Gasteiger partial charge in [0.15, 0.2) is 0 Å². The van der Waals surface area contributed by atoms with E-state index in [1.807, 2.05) is 35.0 Å². The Morgan fingerprint density at radius 3 is 2.35 bits per heavy atom. The number of imidazole rings is 1. The first-order valence-corrected chi connectivity index (χ1v) is 7.91. The van der Waals surface area contributed by atoms with Gasteiger partial charge in [0.05, 0.1) is 5.69 Å². The average molecular weight is 349 g/mol. The highest BCUT2D eigenvalue weighted by atomic mass is 19.1. The summed E-state index contributed by atoms with van der Waals surface area (Å²) in [5.41, 5.74) is 2.31. The molecule has 1 amide bonds. The van der Waals surface area contributed by atoms with Crippen molar-refractivity contribution >= 4 is 17.2 Å². The lowest BCUT2D eigenvalue weighted by Gasteiger charge is -2.07. The topological polar surface area (TPSA) is 46.4 Å². The fourth-order valence-electron chi connectivity index (χ4n) is 2.71. The van der Waals surface area contributed by atoms with Crippen molar-refractivity contribution < 1.29 is 13.6 Å². The van der Waals surface area contributed by atoms with E-state index in [-0.39, 0.29) is 0 Å². The van der Waals surface area contributed by atoms with Gasteiger partial charge in [-0.3, -0.25) is 4.79 Å². The van der Waals surface area contributed by atoms with Gasteiger partial charge in [0, 0.05) is 23.6 Å². The molecule has 0 unspecified atom stereocenters. The Labute approximate surface area is 147 Å². The van der Waals surface area contributed by atoms with Gasteiger partial charge < -0.3 is 9.72 Å². The van der Waals surface area contributed by atoms with Gasteiger partial charge in [0.1, 0.15) is 22.8 Å². The van der Waals surface area contributed by atoms with Crippen LogP contribution in [0.1, 0.15) is 10.4 Å². The van der Waals surface area contributed by atoms with Crippen molar-refractivity contribution in [3.8, 4) is 11.3 Å². The molecular formula is C20H13F2N3O. The van der Waals surface area contributed by atoms with Crippen LogP contribution >= 0.6 is 0 Å². The highest BCUT2D eigenvalue weighted by Gasteiger charge is 2.17. The number of hydrogen-bond acceptors (Lipinski definition) is 2. The largest absolute Gasteiger partial charge is 0.322 e. The first kappa shape index (κ1) is 16.0. The third kappa shape index (κ3) is 2.93. The number of nitrogens with zero attached hydrogens (tertiary/aromatic N) is 2. The third-order valence-electron chi connectivity index (χ3n) is 3.99. The zero-order valence-corrected chi connectivity index (χ0v) is 13.5. The molecule has 0 aliphatic rings. The van der Waals surface area contributed by atoms with Crippen LogP contribution in [0.5, 0.6) is 0 Å². The molecule has 0 saturated carbocycles. The van der Waals surface area contributed by atoms with Crippen LogP contribution in [0.4, 0.5) is 14.5 Å². The molecule has 2 aromatic carbocycles. The number of pyridine rings is 1. The summed E-state index contributed by atoms with van der Waals surface area (Å²) in [7, 11) is 0. The van der Waals surface area contributed by atoms with Crippen molar-refractivity contribution in [2.75, 3.05) is 5.32 Å².